The zero-order chi connectivity index (χ0) is 20.1. The smallest absolute Gasteiger partial charge is 0.255 e. The van der Waals surface area contributed by atoms with Gasteiger partial charge in [-0.15, -0.1) is 0 Å². The normalized spacial score (nSPS) is 15.1. The molecule has 0 atom stereocenters. The molecule has 150 valence electrons. The number of nitrogens with zero attached hydrogens (tertiary/aromatic N) is 1. The molecule has 1 heterocycles. The molecular formula is C19H22N2O6S. The Morgan fingerprint density at radius 3 is 2.50 bits per heavy atom. The van der Waals surface area contributed by atoms with Crippen LogP contribution in [0.15, 0.2) is 47.4 Å². The van der Waals surface area contributed by atoms with E-state index in [-0.39, 0.29) is 10.5 Å². The van der Waals surface area contributed by atoms with E-state index in [1.165, 1.54) is 30.7 Å². The molecule has 28 heavy (non-hydrogen) atoms. The van der Waals surface area contributed by atoms with Crippen molar-refractivity contribution in [2.75, 3.05) is 45.8 Å². The number of methoxy groups -OCH3 is 2. The second kappa shape index (κ2) is 8.59. The van der Waals surface area contributed by atoms with Crippen LogP contribution in [0.1, 0.15) is 10.4 Å². The van der Waals surface area contributed by atoms with E-state index in [4.69, 9.17) is 14.2 Å². The average molecular weight is 406 g/mol. The molecule has 0 aliphatic carbocycles. The fourth-order valence-electron chi connectivity index (χ4n) is 2.84. The van der Waals surface area contributed by atoms with Crippen LogP contribution in [0.4, 0.5) is 5.69 Å². The molecule has 2 aromatic rings. The van der Waals surface area contributed by atoms with Crippen LogP contribution >= 0.6 is 0 Å². The van der Waals surface area contributed by atoms with Gasteiger partial charge >= 0.3 is 0 Å². The van der Waals surface area contributed by atoms with Crippen molar-refractivity contribution < 1.29 is 27.4 Å². The van der Waals surface area contributed by atoms with Crippen LogP contribution in [0.5, 0.6) is 11.5 Å². The highest BCUT2D eigenvalue weighted by Crippen LogP contribution is 2.29. The van der Waals surface area contributed by atoms with E-state index in [0.29, 0.717) is 43.5 Å². The number of benzene rings is 2. The molecule has 0 radical (unpaired) electrons. The number of rotatable bonds is 6. The van der Waals surface area contributed by atoms with Crippen LogP contribution in [0.2, 0.25) is 0 Å². The molecule has 0 unspecified atom stereocenters. The van der Waals surface area contributed by atoms with E-state index in [0.717, 1.165) is 0 Å². The Bertz CT molecular complexity index is 955. The largest absolute Gasteiger partial charge is 0.497 e. The quantitative estimate of drug-likeness (QED) is 0.788. The molecule has 0 bridgehead atoms. The molecule has 0 saturated carbocycles. The lowest BCUT2D eigenvalue weighted by molar-refractivity contribution is 0.0730. The summed E-state index contributed by atoms with van der Waals surface area (Å²) < 4.78 is 42.6. The number of ether oxygens (including phenoxy) is 3. The minimum atomic E-state index is -3.69. The molecule has 2 aromatic carbocycles. The maximum absolute atomic E-state index is 12.8. The summed E-state index contributed by atoms with van der Waals surface area (Å²) in [5, 5.41) is 2.74. The van der Waals surface area contributed by atoms with Crippen molar-refractivity contribution in [1.29, 1.82) is 0 Å². The lowest BCUT2D eigenvalue weighted by atomic mass is 10.2. The minimum Gasteiger partial charge on any atom is -0.497 e. The molecule has 0 aromatic heterocycles. The summed E-state index contributed by atoms with van der Waals surface area (Å²) in [7, 11) is -0.672. The Labute approximate surface area is 164 Å². The van der Waals surface area contributed by atoms with E-state index < -0.39 is 15.9 Å². The van der Waals surface area contributed by atoms with E-state index in [1.807, 2.05) is 0 Å². The van der Waals surface area contributed by atoms with Crippen molar-refractivity contribution in [3.63, 3.8) is 0 Å². The Balaban J connectivity index is 1.85. The van der Waals surface area contributed by atoms with Crippen molar-refractivity contribution in [3.8, 4) is 11.5 Å². The van der Waals surface area contributed by atoms with Crippen molar-refractivity contribution in [2.45, 2.75) is 4.90 Å². The topological polar surface area (TPSA) is 94.2 Å². The van der Waals surface area contributed by atoms with E-state index in [2.05, 4.69) is 5.32 Å². The second-order valence-electron chi connectivity index (χ2n) is 6.06. The monoisotopic (exact) mass is 406 g/mol. The van der Waals surface area contributed by atoms with Gasteiger partial charge in [-0.3, -0.25) is 4.79 Å². The maximum Gasteiger partial charge on any atom is 0.255 e. The minimum absolute atomic E-state index is 0.0691. The van der Waals surface area contributed by atoms with Crippen LogP contribution in [-0.4, -0.2) is 59.2 Å². The van der Waals surface area contributed by atoms with Gasteiger partial charge in [0, 0.05) is 24.7 Å². The number of amides is 1. The Kier molecular flexibility index (Phi) is 6.18. The van der Waals surface area contributed by atoms with Crippen molar-refractivity contribution in [3.05, 3.63) is 48.0 Å². The highest BCUT2D eigenvalue weighted by atomic mass is 32.2. The fraction of sp³-hybridized carbons (Fsp3) is 0.316. The van der Waals surface area contributed by atoms with Gasteiger partial charge in [0.1, 0.15) is 11.5 Å². The summed E-state index contributed by atoms with van der Waals surface area (Å²) in [6.45, 7) is 1.30. The van der Waals surface area contributed by atoms with Gasteiger partial charge < -0.3 is 19.5 Å². The molecule has 0 spiro atoms. The summed E-state index contributed by atoms with van der Waals surface area (Å²) in [5.41, 5.74) is 0.646. The zero-order valence-corrected chi connectivity index (χ0v) is 16.5. The third kappa shape index (κ3) is 4.27. The van der Waals surface area contributed by atoms with Gasteiger partial charge in [0.15, 0.2) is 0 Å². The predicted molar refractivity (Wildman–Crippen MR) is 104 cm³/mol. The lowest BCUT2D eigenvalue weighted by Crippen LogP contribution is -2.40. The van der Waals surface area contributed by atoms with Crippen LogP contribution < -0.4 is 14.8 Å². The molecule has 9 heteroatoms. The molecule has 1 amide bonds. The van der Waals surface area contributed by atoms with Crippen LogP contribution in [-0.2, 0) is 14.8 Å². The summed E-state index contributed by atoms with van der Waals surface area (Å²) in [4.78, 5) is 12.8. The first-order valence-corrected chi connectivity index (χ1v) is 10.1. The molecular weight excluding hydrogens is 384 g/mol. The van der Waals surface area contributed by atoms with Crippen molar-refractivity contribution in [2.24, 2.45) is 0 Å². The number of hydrogen-bond acceptors (Lipinski definition) is 6. The van der Waals surface area contributed by atoms with E-state index >= 15 is 0 Å². The first kappa shape index (κ1) is 20.1. The fourth-order valence-corrected chi connectivity index (χ4v) is 4.29. The average Bonchev–Trinajstić information content (AvgIpc) is 2.74. The molecule has 1 saturated heterocycles. The molecule has 8 nitrogen and oxygen atoms in total. The zero-order valence-electron chi connectivity index (χ0n) is 15.7. The first-order valence-electron chi connectivity index (χ1n) is 8.67. The maximum atomic E-state index is 12.8. The van der Waals surface area contributed by atoms with Gasteiger partial charge in [0.25, 0.3) is 5.91 Å². The lowest BCUT2D eigenvalue weighted by Gasteiger charge is -2.26. The number of carbonyl (C=O) groups is 1. The predicted octanol–water partition coefficient (Wildman–Crippen LogP) is 1.98. The number of sulfonamides is 1. The molecule has 1 N–H and O–H groups in total. The SMILES string of the molecule is COc1ccc(OC)c(NC(=O)c2cccc(S(=O)(=O)N3CCOCC3)c2)c1. The molecule has 1 aliphatic heterocycles. The second-order valence-corrected chi connectivity index (χ2v) is 8.00. The number of hydrogen-bond donors (Lipinski definition) is 1. The van der Waals surface area contributed by atoms with Crippen LogP contribution in [0, 0.1) is 0 Å². The summed E-state index contributed by atoms with van der Waals surface area (Å²) in [6, 6.07) is 11.0. The van der Waals surface area contributed by atoms with Crippen LogP contribution in [0.25, 0.3) is 0 Å². The van der Waals surface area contributed by atoms with Gasteiger partial charge in [-0.25, -0.2) is 8.42 Å². The number of nitrogens with one attached hydrogen (secondary N) is 1. The summed E-state index contributed by atoms with van der Waals surface area (Å²) >= 11 is 0. The molecule has 3 rings (SSSR count). The summed E-state index contributed by atoms with van der Waals surface area (Å²) in [5.74, 6) is 0.566. The van der Waals surface area contributed by atoms with E-state index in [9.17, 15) is 13.2 Å². The van der Waals surface area contributed by atoms with Gasteiger partial charge in [0.05, 0.1) is 38.0 Å². The standard InChI is InChI=1S/C19H22N2O6S/c1-25-15-6-7-18(26-2)17(13-15)20-19(22)14-4-3-5-16(12-14)28(23,24)21-8-10-27-11-9-21/h3-7,12-13H,8-11H2,1-2H3,(H,20,22). The molecule has 1 aliphatic rings. The highest BCUT2D eigenvalue weighted by Gasteiger charge is 2.27. The van der Waals surface area contributed by atoms with Gasteiger partial charge in [-0.1, -0.05) is 6.07 Å². The Morgan fingerprint density at radius 2 is 1.82 bits per heavy atom. The Morgan fingerprint density at radius 1 is 1.07 bits per heavy atom. The number of anilines is 1. The van der Waals surface area contributed by atoms with E-state index in [1.54, 1.807) is 30.3 Å². The van der Waals surface area contributed by atoms with Crippen LogP contribution in [0.3, 0.4) is 0 Å². The third-order valence-corrected chi connectivity index (χ3v) is 6.25. The van der Waals surface area contributed by atoms with Crippen molar-refractivity contribution in [1.82, 2.24) is 4.31 Å². The summed E-state index contributed by atoms with van der Waals surface area (Å²) in [6.07, 6.45) is 0. The van der Waals surface area contributed by atoms with Gasteiger partial charge in [0.2, 0.25) is 10.0 Å². The molecule has 1 fully saturated rings. The number of carbonyl (C=O) groups excluding carboxylic acids is 1. The first-order chi connectivity index (χ1) is 13.5. The Hall–Kier alpha value is -2.62. The van der Waals surface area contributed by atoms with Gasteiger partial charge in [-0.05, 0) is 30.3 Å². The van der Waals surface area contributed by atoms with Crippen molar-refractivity contribution >= 4 is 21.6 Å². The highest BCUT2D eigenvalue weighted by molar-refractivity contribution is 7.89. The third-order valence-electron chi connectivity index (χ3n) is 4.36. The van der Waals surface area contributed by atoms with Gasteiger partial charge in [-0.2, -0.15) is 4.31 Å². The number of morpholine rings is 1.